The average molecular weight is 214 g/mol. The van der Waals surface area contributed by atoms with Crippen molar-refractivity contribution in [3.63, 3.8) is 0 Å². The van der Waals surface area contributed by atoms with E-state index >= 15 is 0 Å². The third-order valence-corrected chi connectivity index (χ3v) is 2.84. The fourth-order valence-corrected chi connectivity index (χ4v) is 1.95. The molecular formula is C10H22N4O. The topological polar surface area (TPSA) is 84.4 Å². The van der Waals surface area contributed by atoms with Crippen LogP contribution < -0.4 is 16.8 Å². The van der Waals surface area contributed by atoms with Gasteiger partial charge in [0.25, 0.3) is 0 Å². The summed E-state index contributed by atoms with van der Waals surface area (Å²) in [4.78, 5) is 12.8. The van der Waals surface area contributed by atoms with Crippen molar-refractivity contribution in [2.45, 2.75) is 31.8 Å². The lowest BCUT2D eigenvalue weighted by atomic mass is 10.0. The molecule has 15 heavy (non-hydrogen) atoms. The highest BCUT2D eigenvalue weighted by molar-refractivity contribution is 5.75. The number of rotatable bonds is 5. The minimum absolute atomic E-state index is 0.239. The first-order valence-corrected chi connectivity index (χ1v) is 5.58. The first-order valence-electron chi connectivity index (χ1n) is 5.58. The monoisotopic (exact) mass is 214 g/mol. The van der Waals surface area contributed by atoms with Gasteiger partial charge in [0.15, 0.2) is 0 Å². The van der Waals surface area contributed by atoms with Crippen molar-refractivity contribution in [2.24, 2.45) is 11.5 Å². The van der Waals surface area contributed by atoms with E-state index in [0.717, 1.165) is 25.9 Å². The lowest BCUT2D eigenvalue weighted by molar-refractivity contribution is -0.119. The molecule has 1 aliphatic rings. The molecule has 1 saturated heterocycles. The van der Waals surface area contributed by atoms with Crippen LogP contribution in [0.2, 0.25) is 0 Å². The van der Waals surface area contributed by atoms with Gasteiger partial charge >= 0.3 is 0 Å². The molecule has 1 aliphatic heterocycles. The molecule has 1 amide bonds. The molecule has 0 radical (unpaired) electrons. The highest BCUT2D eigenvalue weighted by atomic mass is 16.1. The first-order chi connectivity index (χ1) is 7.11. The predicted octanol–water partition coefficient (Wildman–Crippen LogP) is -1.13. The number of amides is 1. The summed E-state index contributed by atoms with van der Waals surface area (Å²) in [5.74, 6) is -0.239. The normalized spacial score (nSPS) is 21.5. The Balaban J connectivity index is 2.20. The predicted molar refractivity (Wildman–Crippen MR) is 60.3 cm³/mol. The van der Waals surface area contributed by atoms with Crippen molar-refractivity contribution >= 4 is 5.91 Å². The molecule has 5 heteroatoms. The first kappa shape index (κ1) is 12.4. The van der Waals surface area contributed by atoms with Crippen molar-refractivity contribution in [3.8, 4) is 0 Å². The molecule has 5 N–H and O–H groups in total. The summed E-state index contributed by atoms with van der Waals surface area (Å²) in [6.07, 6.45) is 2.13. The van der Waals surface area contributed by atoms with Gasteiger partial charge in [-0.05, 0) is 19.8 Å². The van der Waals surface area contributed by atoms with Gasteiger partial charge in [-0.15, -0.1) is 0 Å². The molecule has 1 heterocycles. The molecule has 0 saturated carbocycles. The van der Waals surface area contributed by atoms with E-state index in [9.17, 15) is 4.79 Å². The van der Waals surface area contributed by atoms with Gasteiger partial charge in [-0.3, -0.25) is 9.69 Å². The van der Waals surface area contributed by atoms with Crippen molar-refractivity contribution in [1.82, 2.24) is 10.2 Å². The Morgan fingerprint density at radius 3 is 2.60 bits per heavy atom. The van der Waals surface area contributed by atoms with Crippen LogP contribution in [-0.4, -0.2) is 49.1 Å². The van der Waals surface area contributed by atoms with Gasteiger partial charge in [-0.2, -0.15) is 0 Å². The van der Waals surface area contributed by atoms with E-state index in [4.69, 9.17) is 11.5 Å². The highest BCUT2D eigenvalue weighted by Gasteiger charge is 2.20. The Morgan fingerprint density at radius 2 is 2.13 bits per heavy atom. The second-order valence-corrected chi connectivity index (χ2v) is 4.32. The maximum absolute atomic E-state index is 10.7. The Hall–Kier alpha value is -0.650. The Morgan fingerprint density at radius 1 is 1.53 bits per heavy atom. The summed E-state index contributed by atoms with van der Waals surface area (Å²) < 4.78 is 0. The number of nitrogens with one attached hydrogen (secondary N) is 1. The fourth-order valence-electron chi connectivity index (χ4n) is 1.95. The van der Waals surface area contributed by atoms with Gasteiger partial charge in [0.05, 0.1) is 6.54 Å². The quantitative estimate of drug-likeness (QED) is 0.541. The highest BCUT2D eigenvalue weighted by Crippen LogP contribution is 2.10. The van der Waals surface area contributed by atoms with Crippen molar-refractivity contribution < 1.29 is 4.79 Å². The zero-order valence-electron chi connectivity index (χ0n) is 9.41. The van der Waals surface area contributed by atoms with Crippen molar-refractivity contribution in [3.05, 3.63) is 0 Å². The summed E-state index contributed by atoms with van der Waals surface area (Å²) in [7, 11) is 0. The van der Waals surface area contributed by atoms with Gasteiger partial charge in [-0.1, -0.05) is 0 Å². The van der Waals surface area contributed by atoms with Gasteiger partial charge in [0.1, 0.15) is 0 Å². The maximum atomic E-state index is 10.7. The van der Waals surface area contributed by atoms with Gasteiger partial charge in [-0.25, -0.2) is 0 Å². The molecule has 5 nitrogen and oxygen atoms in total. The fraction of sp³-hybridized carbons (Fsp3) is 0.900. The number of carbonyl (C=O) groups is 1. The van der Waals surface area contributed by atoms with Gasteiger partial charge in [0.2, 0.25) is 5.91 Å². The molecule has 1 atom stereocenters. The molecule has 1 fully saturated rings. The lowest BCUT2D eigenvalue weighted by Gasteiger charge is -2.33. The molecule has 1 unspecified atom stereocenters. The summed E-state index contributed by atoms with van der Waals surface area (Å²) in [5, 5.41) is 3.47. The molecule has 1 rings (SSSR count). The SMILES string of the molecule is CC(CN)NC1CCN(CC(N)=O)CC1. The molecule has 0 aromatic rings. The van der Waals surface area contributed by atoms with Crippen LogP contribution in [0.15, 0.2) is 0 Å². The summed E-state index contributed by atoms with van der Waals surface area (Å²) in [5.41, 5.74) is 10.7. The minimum atomic E-state index is -0.239. The van der Waals surface area contributed by atoms with Crippen molar-refractivity contribution in [1.29, 1.82) is 0 Å². The van der Waals surface area contributed by atoms with Gasteiger partial charge < -0.3 is 16.8 Å². The van der Waals surface area contributed by atoms with Crippen LogP contribution >= 0.6 is 0 Å². The lowest BCUT2D eigenvalue weighted by Crippen LogP contribution is -2.48. The van der Waals surface area contributed by atoms with Crippen LogP contribution in [0.25, 0.3) is 0 Å². The third-order valence-electron chi connectivity index (χ3n) is 2.84. The van der Waals surface area contributed by atoms with E-state index in [0.29, 0.717) is 25.2 Å². The molecule has 0 aromatic carbocycles. The van der Waals surface area contributed by atoms with Crippen LogP contribution in [0.4, 0.5) is 0 Å². The second-order valence-electron chi connectivity index (χ2n) is 4.32. The average Bonchev–Trinajstić information content (AvgIpc) is 2.20. The molecule has 88 valence electrons. The third kappa shape index (κ3) is 4.59. The number of hydrogen-bond donors (Lipinski definition) is 3. The largest absolute Gasteiger partial charge is 0.369 e. The number of likely N-dealkylation sites (tertiary alicyclic amines) is 1. The van der Waals surface area contributed by atoms with Crippen LogP contribution in [-0.2, 0) is 4.79 Å². The molecular weight excluding hydrogens is 192 g/mol. The number of carbonyl (C=O) groups excluding carboxylic acids is 1. The summed E-state index contributed by atoms with van der Waals surface area (Å²) in [6, 6.07) is 0.908. The van der Waals surface area contributed by atoms with Crippen LogP contribution in [0.1, 0.15) is 19.8 Å². The molecule has 0 aliphatic carbocycles. The Kier molecular flexibility index (Phi) is 5.01. The van der Waals surface area contributed by atoms with Crippen LogP contribution in [0.5, 0.6) is 0 Å². The van der Waals surface area contributed by atoms with Crippen molar-refractivity contribution in [2.75, 3.05) is 26.2 Å². The second kappa shape index (κ2) is 6.05. The number of nitrogens with two attached hydrogens (primary N) is 2. The van der Waals surface area contributed by atoms with E-state index in [1.807, 2.05) is 0 Å². The zero-order chi connectivity index (χ0) is 11.3. The number of primary amides is 1. The Bertz CT molecular complexity index is 202. The minimum Gasteiger partial charge on any atom is -0.369 e. The number of nitrogens with zero attached hydrogens (tertiary/aromatic N) is 1. The number of hydrogen-bond acceptors (Lipinski definition) is 4. The molecule has 0 bridgehead atoms. The zero-order valence-corrected chi connectivity index (χ0v) is 9.41. The standard InChI is InChI=1S/C10H22N4O/c1-8(6-11)13-9-2-4-14(5-3-9)7-10(12)15/h8-9,13H,2-7,11H2,1H3,(H2,12,15). The Labute approximate surface area is 91.2 Å². The van der Waals surface area contributed by atoms with Crippen LogP contribution in [0.3, 0.4) is 0 Å². The van der Waals surface area contributed by atoms with E-state index in [1.54, 1.807) is 0 Å². The van der Waals surface area contributed by atoms with E-state index in [-0.39, 0.29) is 5.91 Å². The smallest absolute Gasteiger partial charge is 0.231 e. The maximum Gasteiger partial charge on any atom is 0.231 e. The van der Waals surface area contributed by atoms with Gasteiger partial charge in [0, 0.05) is 31.7 Å². The van der Waals surface area contributed by atoms with E-state index in [2.05, 4.69) is 17.1 Å². The molecule has 0 aromatic heterocycles. The van der Waals surface area contributed by atoms with E-state index < -0.39 is 0 Å². The summed E-state index contributed by atoms with van der Waals surface area (Å²) in [6.45, 7) is 5.03. The molecule has 0 spiro atoms. The van der Waals surface area contributed by atoms with E-state index in [1.165, 1.54) is 0 Å². The summed E-state index contributed by atoms with van der Waals surface area (Å²) >= 11 is 0. The number of piperidine rings is 1. The van der Waals surface area contributed by atoms with Crippen LogP contribution in [0, 0.1) is 0 Å².